The first-order valence-electron chi connectivity index (χ1n) is 7.92. The molecular formula is C17H25BO5. The molecule has 1 aromatic carbocycles. The van der Waals surface area contributed by atoms with Crippen LogP contribution in [0.1, 0.15) is 44.5 Å². The highest BCUT2D eigenvalue weighted by Gasteiger charge is 2.50. The normalized spacial score (nSPS) is 18.7. The summed E-state index contributed by atoms with van der Waals surface area (Å²) < 4.78 is 22.3. The third-order valence-electron chi connectivity index (χ3n) is 4.41. The van der Waals surface area contributed by atoms with E-state index in [0.717, 1.165) is 12.7 Å². The van der Waals surface area contributed by atoms with Gasteiger partial charge in [-0.2, -0.15) is 0 Å². The smallest absolute Gasteiger partial charge is 0.457 e. The molecule has 0 atom stereocenters. The van der Waals surface area contributed by atoms with Crippen molar-refractivity contribution in [1.29, 1.82) is 0 Å². The van der Waals surface area contributed by atoms with E-state index >= 15 is 0 Å². The van der Waals surface area contributed by atoms with Crippen LogP contribution in [0.4, 0.5) is 0 Å². The van der Waals surface area contributed by atoms with Crippen molar-refractivity contribution < 1.29 is 23.6 Å². The number of benzene rings is 1. The Bertz CT molecular complexity index is 540. The molecule has 1 fully saturated rings. The summed E-state index contributed by atoms with van der Waals surface area (Å²) in [6.07, 6.45) is 1.57. The van der Waals surface area contributed by atoms with Crippen LogP contribution in [0, 0.1) is 0 Å². The van der Waals surface area contributed by atoms with Gasteiger partial charge in [-0.15, -0.1) is 0 Å². The molecule has 0 aliphatic carbocycles. The Balaban J connectivity index is 1.77. The van der Waals surface area contributed by atoms with Crippen LogP contribution in [0.3, 0.4) is 0 Å². The maximum Gasteiger partial charge on any atom is 0.457 e. The maximum atomic E-state index is 11.5. The predicted octanol–water partition coefficient (Wildman–Crippen LogP) is 3.33. The summed E-state index contributed by atoms with van der Waals surface area (Å²) in [5, 5.41) is 0. The second-order valence-electron chi connectivity index (χ2n) is 6.70. The lowest BCUT2D eigenvalue weighted by Crippen LogP contribution is -2.41. The van der Waals surface area contributed by atoms with Crippen molar-refractivity contribution in [3.63, 3.8) is 0 Å². The van der Waals surface area contributed by atoms with E-state index in [1.54, 1.807) is 18.2 Å². The van der Waals surface area contributed by atoms with Crippen molar-refractivity contribution in [2.75, 3.05) is 13.7 Å². The molecule has 1 aliphatic heterocycles. The van der Waals surface area contributed by atoms with E-state index in [4.69, 9.17) is 18.8 Å². The molecule has 0 amide bonds. The maximum absolute atomic E-state index is 11.5. The second-order valence-corrected chi connectivity index (χ2v) is 6.70. The molecular weight excluding hydrogens is 295 g/mol. The molecule has 1 aromatic rings. The molecule has 0 saturated carbocycles. The van der Waals surface area contributed by atoms with Crippen molar-refractivity contribution >= 4 is 13.1 Å². The van der Waals surface area contributed by atoms with Gasteiger partial charge in [-0.25, -0.2) is 4.79 Å². The molecule has 0 aromatic heterocycles. The monoisotopic (exact) mass is 320 g/mol. The molecule has 1 saturated heterocycles. The van der Waals surface area contributed by atoms with Crippen LogP contribution in [0.15, 0.2) is 24.3 Å². The molecule has 0 unspecified atom stereocenters. The Hall–Kier alpha value is -1.53. The van der Waals surface area contributed by atoms with E-state index in [1.807, 2.05) is 33.8 Å². The van der Waals surface area contributed by atoms with Crippen molar-refractivity contribution in [1.82, 2.24) is 0 Å². The van der Waals surface area contributed by atoms with Gasteiger partial charge < -0.3 is 18.8 Å². The summed E-state index contributed by atoms with van der Waals surface area (Å²) in [4.78, 5) is 11.5. The van der Waals surface area contributed by atoms with Crippen LogP contribution >= 0.6 is 0 Å². The van der Waals surface area contributed by atoms with Crippen molar-refractivity contribution in [3.05, 3.63) is 29.8 Å². The summed E-state index contributed by atoms with van der Waals surface area (Å²) >= 11 is 0. The first-order chi connectivity index (χ1) is 10.7. The van der Waals surface area contributed by atoms with Crippen molar-refractivity contribution in [2.45, 2.75) is 51.6 Å². The molecule has 6 heteroatoms. The molecule has 23 heavy (non-hydrogen) atoms. The molecule has 0 N–H and O–H groups in total. The Morgan fingerprint density at radius 2 is 1.83 bits per heavy atom. The van der Waals surface area contributed by atoms with E-state index in [2.05, 4.69) is 0 Å². The first-order valence-corrected chi connectivity index (χ1v) is 7.92. The van der Waals surface area contributed by atoms with Crippen LogP contribution in [-0.2, 0) is 14.0 Å². The molecule has 1 aliphatic rings. The van der Waals surface area contributed by atoms with Gasteiger partial charge in [0, 0.05) is 0 Å². The average Bonchev–Trinajstić information content (AvgIpc) is 2.70. The molecule has 2 rings (SSSR count). The summed E-state index contributed by atoms with van der Waals surface area (Å²) in [5.74, 6) is 0.287. The third kappa shape index (κ3) is 4.27. The number of esters is 1. The first kappa shape index (κ1) is 17.8. The van der Waals surface area contributed by atoms with Gasteiger partial charge in [0.1, 0.15) is 5.75 Å². The minimum absolute atomic E-state index is 0.204. The Kier molecular flexibility index (Phi) is 5.37. The van der Waals surface area contributed by atoms with Crippen LogP contribution in [0.25, 0.3) is 0 Å². The number of rotatable bonds is 6. The molecule has 0 spiro atoms. The fourth-order valence-corrected chi connectivity index (χ4v) is 2.35. The molecule has 0 bridgehead atoms. The average molecular weight is 320 g/mol. The van der Waals surface area contributed by atoms with Crippen molar-refractivity contribution in [2.24, 2.45) is 0 Å². The zero-order valence-electron chi connectivity index (χ0n) is 14.5. The lowest BCUT2D eigenvalue weighted by molar-refractivity contribution is 0.00578. The minimum Gasteiger partial charge on any atom is -0.494 e. The highest BCUT2D eigenvalue weighted by atomic mass is 16.7. The van der Waals surface area contributed by atoms with Gasteiger partial charge >= 0.3 is 13.1 Å². The van der Waals surface area contributed by atoms with Crippen LogP contribution < -0.4 is 4.74 Å². The summed E-state index contributed by atoms with van der Waals surface area (Å²) in [6.45, 7) is 8.71. The van der Waals surface area contributed by atoms with E-state index in [9.17, 15) is 4.79 Å². The fraction of sp³-hybridized carbons (Fsp3) is 0.588. The Labute approximate surface area is 138 Å². The number of hydrogen-bond acceptors (Lipinski definition) is 5. The predicted molar refractivity (Wildman–Crippen MR) is 88.8 cm³/mol. The van der Waals surface area contributed by atoms with Gasteiger partial charge in [-0.05, 0) is 58.6 Å². The number of methoxy groups -OCH3 is 1. The number of carbonyl (C=O) groups excluding carboxylic acids is 1. The topological polar surface area (TPSA) is 54.0 Å². The molecule has 126 valence electrons. The standard InChI is InChI=1S/C17H25BO5/c1-16(2)17(3,4)23-18(22-16)10-7-11-21-14-9-6-8-13(12-14)15(19)20-5/h6,8-9,12H,7,10-11H2,1-5H3. The van der Waals surface area contributed by atoms with E-state index < -0.39 is 0 Å². The highest BCUT2D eigenvalue weighted by molar-refractivity contribution is 6.45. The summed E-state index contributed by atoms with van der Waals surface area (Å²) in [6, 6.07) is 6.97. The summed E-state index contributed by atoms with van der Waals surface area (Å²) in [5.41, 5.74) is -0.114. The number of carbonyl (C=O) groups is 1. The van der Waals surface area contributed by atoms with Crippen molar-refractivity contribution in [3.8, 4) is 5.75 Å². The van der Waals surface area contributed by atoms with Gasteiger partial charge in [0.15, 0.2) is 0 Å². The van der Waals surface area contributed by atoms with E-state index in [1.165, 1.54) is 7.11 Å². The zero-order valence-corrected chi connectivity index (χ0v) is 14.5. The molecule has 1 heterocycles. The third-order valence-corrected chi connectivity index (χ3v) is 4.41. The zero-order chi connectivity index (χ0) is 17.1. The minimum atomic E-state index is -0.368. The quantitative estimate of drug-likeness (QED) is 0.457. The van der Waals surface area contributed by atoms with Gasteiger partial charge in [0.25, 0.3) is 0 Å². The highest BCUT2D eigenvalue weighted by Crippen LogP contribution is 2.37. The Morgan fingerprint density at radius 1 is 1.17 bits per heavy atom. The molecule has 0 radical (unpaired) electrons. The number of hydrogen-bond donors (Lipinski definition) is 0. The van der Waals surface area contributed by atoms with Crippen LogP contribution in [-0.4, -0.2) is 38.0 Å². The fourth-order valence-electron chi connectivity index (χ4n) is 2.35. The van der Waals surface area contributed by atoms with E-state index in [-0.39, 0.29) is 24.3 Å². The van der Waals surface area contributed by atoms with Gasteiger partial charge in [-0.3, -0.25) is 0 Å². The lowest BCUT2D eigenvalue weighted by atomic mass is 9.83. The second kappa shape index (κ2) is 6.93. The Morgan fingerprint density at radius 3 is 2.43 bits per heavy atom. The van der Waals surface area contributed by atoms with Gasteiger partial charge in [-0.1, -0.05) is 6.07 Å². The van der Waals surface area contributed by atoms with Crippen LogP contribution in [0.2, 0.25) is 6.32 Å². The summed E-state index contributed by atoms with van der Waals surface area (Å²) in [7, 11) is 1.16. The molecule has 5 nitrogen and oxygen atoms in total. The number of ether oxygens (including phenoxy) is 2. The lowest BCUT2D eigenvalue weighted by Gasteiger charge is -2.32. The largest absolute Gasteiger partial charge is 0.494 e. The van der Waals surface area contributed by atoms with Gasteiger partial charge in [0.05, 0.1) is 30.5 Å². The van der Waals surface area contributed by atoms with Crippen LogP contribution in [0.5, 0.6) is 5.75 Å². The van der Waals surface area contributed by atoms with E-state index in [0.29, 0.717) is 17.9 Å². The SMILES string of the molecule is COC(=O)c1cccc(OCCCB2OC(C)(C)C(C)(C)O2)c1. The van der Waals surface area contributed by atoms with Gasteiger partial charge in [0.2, 0.25) is 0 Å².